The predicted molar refractivity (Wildman–Crippen MR) is 134 cm³/mol. The molecule has 0 spiro atoms. The number of para-hydroxylation sites is 1. The highest BCUT2D eigenvalue weighted by molar-refractivity contribution is 7.89. The average Bonchev–Trinajstić information content (AvgIpc) is 2.81. The second kappa shape index (κ2) is 10.5. The number of hydrogen-bond donors (Lipinski definition) is 2. The second-order valence-electron chi connectivity index (χ2n) is 8.51. The van der Waals surface area contributed by atoms with Crippen LogP contribution in [0, 0.1) is 0 Å². The third-order valence-electron chi connectivity index (χ3n) is 6.03. The first-order chi connectivity index (χ1) is 16.3. The van der Waals surface area contributed by atoms with E-state index in [0.717, 1.165) is 17.1 Å². The highest BCUT2D eigenvalue weighted by Crippen LogP contribution is 2.38. The van der Waals surface area contributed by atoms with Crippen LogP contribution in [-0.2, 0) is 22.2 Å². The van der Waals surface area contributed by atoms with Crippen LogP contribution in [0.1, 0.15) is 30.9 Å². The van der Waals surface area contributed by atoms with E-state index in [1.165, 1.54) is 12.1 Å². The topological polar surface area (TPSA) is 78.9 Å². The zero-order valence-corrected chi connectivity index (χ0v) is 20.6. The summed E-state index contributed by atoms with van der Waals surface area (Å²) in [6.45, 7) is 3.94. The number of halogens is 1. The van der Waals surface area contributed by atoms with Gasteiger partial charge >= 0.3 is 0 Å². The zero-order valence-electron chi connectivity index (χ0n) is 19.1. The van der Waals surface area contributed by atoms with Crippen LogP contribution in [0.5, 0.6) is 11.5 Å². The van der Waals surface area contributed by atoms with Crippen molar-refractivity contribution in [3.05, 3.63) is 88.9 Å². The third-order valence-corrected chi connectivity index (χ3v) is 7.87. The second-order valence-corrected chi connectivity index (χ2v) is 10.7. The lowest BCUT2D eigenvalue weighted by molar-refractivity contribution is -0.0299. The van der Waals surface area contributed by atoms with Crippen LogP contribution in [0.2, 0.25) is 5.02 Å². The molecule has 0 aromatic heterocycles. The van der Waals surface area contributed by atoms with Crippen LogP contribution < -0.4 is 9.46 Å². The molecular weight excluding hydrogens is 472 g/mol. The van der Waals surface area contributed by atoms with Gasteiger partial charge in [0.15, 0.2) is 0 Å². The molecule has 3 aromatic carbocycles. The molecule has 1 saturated heterocycles. The largest absolute Gasteiger partial charge is 0.457 e. The number of piperidine rings is 1. The van der Waals surface area contributed by atoms with Crippen molar-refractivity contribution in [3.63, 3.8) is 0 Å². The molecule has 1 aliphatic rings. The minimum atomic E-state index is -3.73. The number of ether oxygens (including phenoxy) is 1. The monoisotopic (exact) mass is 500 g/mol. The normalized spacial score (nSPS) is 16.3. The molecule has 0 atom stereocenters. The van der Waals surface area contributed by atoms with Gasteiger partial charge in [0.1, 0.15) is 11.5 Å². The summed E-state index contributed by atoms with van der Waals surface area (Å²) in [5.41, 5.74) is 0.202. The molecule has 180 valence electrons. The number of sulfonamides is 1. The summed E-state index contributed by atoms with van der Waals surface area (Å²) in [6.07, 6.45) is 0.810. The molecule has 1 fully saturated rings. The molecule has 0 bridgehead atoms. The third kappa shape index (κ3) is 5.79. The predicted octanol–water partition coefficient (Wildman–Crippen LogP) is 4.91. The lowest BCUT2D eigenvalue weighted by atomic mass is 9.84. The van der Waals surface area contributed by atoms with E-state index in [1.807, 2.05) is 48.5 Å². The first-order valence-electron chi connectivity index (χ1n) is 11.4. The Kier molecular flexibility index (Phi) is 7.60. The first kappa shape index (κ1) is 24.7. The molecule has 3 aromatic rings. The summed E-state index contributed by atoms with van der Waals surface area (Å²) < 4.78 is 33.9. The van der Waals surface area contributed by atoms with Crippen LogP contribution in [-0.4, -0.2) is 38.1 Å². The molecule has 1 aliphatic heterocycles. The van der Waals surface area contributed by atoms with Gasteiger partial charge in [-0.15, -0.1) is 0 Å². The van der Waals surface area contributed by atoms with Crippen LogP contribution in [0.3, 0.4) is 0 Å². The Morgan fingerprint density at radius 3 is 2.41 bits per heavy atom. The number of aliphatic hydroxyl groups is 1. The number of benzene rings is 3. The van der Waals surface area contributed by atoms with Crippen LogP contribution >= 0.6 is 11.6 Å². The molecule has 2 N–H and O–H groups in total. The Labute approximate surface area is 206 Å². The van der Waals surface area contributed by atoms with Gasteiger partial charge in [-0.3, -0.25) is 4.90 Å². The fraction of sp³-hybridized carbons (Fsp3) is 0.308. The van der Waals surface area contributed by atoms with Crippen LogP contribution in [0.25, 0.3) is 0 Å². The summed E-state index contributed by atoms with van der Waals surface area (Å²) in [5.74, 6) is 1.56. The molecule has 0 aliphatic carbocycles. The van der Waals surface area contributed by atoms with Crippen molar-refractivity contribution in [2.75, 3.05) is 19.6 Å². The highest BCUT2D eigenvalue weighted by atomic mass is 35.5. The fourth-order valence-corrected chi connectivity index (χ4v) is 5.80. The molecule has 6 nitrogen and oxygen atoms in total. The minimum Gasteiger partial charge on any atom is -0.457 e. The summed E-state index contributed by atoms with van der Waals surface area (Å²) in [4.78, 5) is 2.33. The van der Waals surface area contributed by atoms with E-state index in [1.54, 1.807) is 13.0 Å². The van der Waals surface area contributed by atoms with Crippen molar-refractivity contribution in [3.8, 4) is 11.5 Å². The van der Waals surface area contributed by atoms with E-state index < -0.39 is 15.6 Å². The quantitative estimate of drug-likeness (QED) is 0.459. The van der Waals surface area contributed by atoms with Crippen molar-refractivity contribution in [2.45, 2.75) is 36.8 Å². The lowest BCUT2D eigenvalue weighted by Gasteiger charge is -2.39. The molecule has 0 unspecified atom stereocenters. The average molecular weight is 501 g/mol. The Morgan fingerprint density at radius 1 is 1.00 bits per heavy atom. The van der Waals surface area contributed by atoms with E-state index in [4.69, 9.17) is 16.3 Å². The highest BCUT2D eigenvalue weighted by Gasteiger charge is 2.38. The molecular formula is C26H29ClN2O4S. The Balaban J connectivity index is 1.46. The van der Waals surface area contributed by atoms with Gasteiger partial charge in [0, 0.05) is 36.8 Å². The first-order valence-corrected chi connectivity index (χ1v) is 13.2. The summed E-state index contributed by atoms with van der Waals surface area (Å²) in [5, 5.41) is 11.9. The maximum Gasteiger partial charge on any atom is 0.240 e. The smallest absolute Gasteiger partial charge is 0.240 e. The van der Waals surface area contributed by atoms with E-state index in [0.29, 0.717) is 43.1 Å². The summed E-state index contributed by atoms with van der Waals surface area (Å²) in [6, 6.07) is 22.2. The Bertz CT molecular complexity index is 1230. The van der Waals surface area contributed by atoms with Gasteiger partial charge in [0.25, 0.3) is 0 Å². The maximum absolute atomic E-state index is 12.7. The van der Waals surface area contributed by atoms with Gasteiger partial charge in [0.05, 0.1) is 10.5 Å². The molecule has 1 heterocycles. The van der Waals surface area contributed by atoms with Crippen molar-refractivity contribution < 1.29 is 18.3 Å². The van der Waals surface area contributed by atoms with E-state index in [9.17, 15) is 13.5 Å². The molecule has 0 saturated carbocycles. The molecule has 34 heavy (non-hydrogen) atoms. The molecule has 0 amide bonds. The maximum atomic E-state index is 12.7. The lowest BCUT2D eigenvalue weighted by Crippen LogP contribution is -2.43. The van der Waals surface area contributed by atoms with Crippen LogP contribution in [0.4, 0.5) is 0 Å². The standard InChI is InChI=1S/C26H29ClN2O4S/c1-2-28-34(31,32)25-12-11-21(27)18-24(25)26(30)13-15-29(16-14-26)19-20-7-6-10-23(17-20)33-22-8-4-3-5-9-22/h3-12,17-18,28,30H,2,13-16,19H2,1H3. The van der Waals surface area contributed by atoms with Gasteiger partial charge in [-0.1, -0.05) is 48.9 Å². The SMILES string of the molecule is CCNS(=O)(=O)c1ccc(Cl)cc1C1(O)CCN(Cc2cccc(Oc3ccccc3)c2)CC1. The molecule has 0 radical (unpaired) electrons. The van der Waals surface area contributed by atoms with E-state index >= 15 is 0 Å². The van der Waals surface area contributed by atoms with Gasteiger partial charge < -0.3 is 9.84 Å². The Morgan fingerprint density at radius 2 is 1.71 bits per heavy atom. The molecule has 8 heteroatoms. The van der Waals surface area contributed by atoms with Gasteiger partial charge in [-0.2, -0.15) is 0 Å². The summed E-state index contributed by atoms with van der Waals surface area (Å²) in [7, 11) is -3.73. The van der Waals surface area contributed by atoms with Crippen LogP contribution in [0.15, 0.2) is 77.7 Å². The fourth-order valence-electron chi connectivity index (χ4n) is 4.31. The number of nitrogens with zero attached hydrogens (tertiary/aromatic N) is 1. The van der Waals surface area contributed by atoms with Crippen molar-refractivity contribution in [2.24, 2.45) is 0 Å². The minimum absolute atomic E-state index is 0.0838. The van der Waals surface area contributed by atoms with Gasteiger partial charge in [0.2, 0.25) is 10.0 Å². The Hall–Kier alpha value is -2.42. The number of hydrogen-bond acceptors (Lipinski definition) is 5. The molecule has 4 rings (SSSR count). The van der Waals surface area contributed by atoms with Crippen molar-refractivity contribution in [1.82, 2.24) is 9.62 Å². The number of nitrogens with one attached hydrogen (secondary N) is 1. The summed E-state index contributed by atoms with van der Waals surface area (Å²) >= 11 is 6.19. The van der Waals surface area contributed by atoms with E-state index in [-0.39, 0.29) is 11.4 Å². The number of likely N-dealkylation sites (tertiary alicyclic amines) is 1. The van der Waals surface area contributed by atoms with Crippen molar-refractivity contribution >= 4 is 21.6 Å². The number of rotatable bonds is 8. The van der Waals surface area contributed by atoms with E-state index in [2.05, 4.69) is 15.7 Å². The zero-order chi connectivity index (χ0) is 24.2. The van der Waals surface area contributed by atoms with Gasteiger partial charge in [-0.25, -0.2) is 13.1 Å². The van der Waals surface area contributed by atoms with Gasteiger partial charge in [-0.05, 0) is 60.9 Å². The van der Waals surface area contributed by atoms with Crippen molar-refractivity contribution in [1.29, 1.82) is 0 Å².